The van der Waals surface area contributed by atoms with E-state index in [2.05, 4.69) is 9.97 Å². The molecule has 2 aromatic heterocycles. The third-order valence-corrected chi connectivity index (χ3v) is 3.96. The molecule has 0 spiro atoms. The highest BCUT2D eigenvalue weighted by molar-refractivity contribution is 5.58. The Balaban J connectivity index is 1.86. The molecule has 2 N–H and O–H groups in total. The molecule has 0 amide bonds. The van der Waals surface area contributed by atoms with Crippen LogP contribution in [-0.2, 0) is 19.6 Å². The van der Waals surface area contributed by atoms with Gasteiger partial charge in [0.15, 0.2) is 11.4 Å². The van der Waals surface area contributed by atoms with Gasteiger partial charge in [0.2, 0.25) is 0 Å². The van der Waals surface area contributed by atoms with Crippen LogP contribution in [0.4, 0.5) is 18.9 Å². The third-order valence-electron chi connectivity index (χ3n) is 3.96. The molecule has 136 valence electrons. The van der Waals surface area contributed by atoms with Gasteiger partial charge < -0.3 is 15.0 Å². The van der Waals surface area contributed by atoms with Gasteiger partial charge in [-0.2, -0.15) is 13.2 Å². The summed E-state index contributed by atoms with van der Waals surface area (Å²) >= 11 is 0. The van der Waals surface area contributed by atoms with Crippen LogP contribution >= 0.6 is 0 Å². The van der Waals surface area contributed by atoms with E-state index in [4.69, 9.17) is 10.5 Å². The number of nitrogens with zero attached hydrogens (tertiary/aromatic N) is 3. The molecule has 0 saturated carbocycles. The predicted octanol–water partition coefficient (Wildman–Crippen LogP) is 3.68. The summed E-state index contributed by atoms with van der Waals surface area (Å²) in [5.74, 6) is 0.777. The lowest BCUT2D eigenvalue weighted by Crippen LogP contribution is -2.04. The van der Waals surface area contributed by atoms with Gasteiger partial charge in [0.05, 0.1) is 18.5 Å². The summed E-state index contributed by atoms with van der Waals surface area (Å²) in [6, 6.07) is 8.76. The number of imidazole rings is 1. The Kier molecular flexibility index (Phi) is 4.58. The number of ether oxygens (including phenoxy) is 1. The topological polar surface area (TPSA) is 66.0 Å². The molecule has 26 heavy (non-hydrogen) atoms. The number of hydrogen-bond donors (Lipinski definition) is 1. The number of halogens is 3. The van der Waals surface area contributed by atoms with Gasteiger partial charge in [-0.05, 0) is 11.6 Å². The van der Waals surface area contributed by atoms with Gasteiger partial charge in [-0.1, -0.05) is 24.3 Å². The van der Waals surface area contributed by atoms with Gasteiger partial charge in [0.1, 0.15) is 5.82 Å². The molecule has 3 rings (SSSR count). The second-order valence-electron chi connectivity index (χ2n) is 5.81. The molecule has 5 nitrogen and oxygen atoms in total. The molecule has 0 aliphatic rings. The fourth-order valence-electron chi connectivity index (χ4n) is 2.71. The van der Waals surface area contributed by atoms with Crippen molar-refractivity contribution in [1.29, 1.82) is 0 Å². The smallest absolute Gasteiger partial charge is 0.434 e. The van der Waals surface area contributed by atoms with Crippen molar-refractivity contribution in [3.63, 3.8) is 0 Å². The summed E-state index contributed by atoms with van der Waals surface area (Å²) in [6.07, 6.45) is -1.40. The maximum Gasteiger partial charge on any atom is 0.434 e. The third kappa shape index (κ3) is 3.49. The zero-order chi connectivity index (χ0) is 18.9. The zero-order valence-electron chi connectivity index (χ0n) is 14.2. The van der Waals surface area contributed by atoms with E-state index >= 15 is 0 Å². The van der Waals surface area contributed by atoms with Crippen molar-refractivity contribution in [3.05, 3.63) is 59.7 Å². The van der Waals surface area contributed by atoms with E-state index in [0.29, 0.717) is 29.1 Å². The number of benzene rings is 1. The Morgan fingerprint density at radius 3 is 2.42 bits per heavy atom. The molecule has 0 unspecified atom stereocenters. The lowest BCUT2D eigenvalue weighted by atomic mass is 10.1. The molecule has 0 saturated heterocycles. The summed E-state index contributed by atoms with van der Waals surface area (Å²) < 4.78 is 45.1. The van der Waals surface area contributed by atoms with Gasteiger partial charge in [-0.25, -0.2) is 4.98 Å². The molecule has 0 fully saturated rings. The molecule has 0 atom stereocenters. The minimum absolute atomic E-state index is 0.253. The lowest BCUT2D eigenvalue weighted by Gasteiger charge is -2.10. The van der Waals surface area contributed by atoms with E-state index in [-0.39, 0.29) is 5.82 Å². The maximum atomic E-state index is 12.8. The fraction of sp³-hybridized carbons (Fsp3) is 0.222. The number of anilines is 1. The normalized spacial score (nSPS) is 11.6. The van der Waals surface area contributed by atoms with Crippen molar-refractivity contribution >= 4 is 5.69 Å². The van der Waals surface area contributed by atoms with Crippen LogP contribution in [0.25, 0.3) is 11.4 Å². The van der Waals surface area contributed by atoms with Crippen LogP contribution in [0.15, 0.2) is 42.7 Å². The van der Waals surface area contributed by atoms with Gasteiger partial charge >= 0.3 is 6.18 Å². The first-order valence-electron chi connectivity index (χ1n) is 7.77. The van der Waals surface area contributed by atoms with Crippen molar-refractivity contribution < 1.29 is 17.9 Å². The Morgan fingerprint density at radius 2 is 1.85 bits per heavy atom. The number of nitrogens with two attached hydrogens (primary N) is 1. The Morgan fingerprint density at radius 1 is 1.15 bits per heavy atom. The molecule has 0 bridgehead atoms. The van der Waals surface area contributed by atoms with E-state index in [1.165, 1.54) is 18.7 Å². The van der Waals surface area contributed by atoms with Crippen LogP contribution in [0.3, 0.4) is 0 Å². The van der Waals surface area contributed by atoms with Crippen molar-refractivity contribution in [1.82, 2.24) is 14.5 Å². The SMILES string of the molecule is COc1c(N)ccnc1Cc1ccc(-c2nc(C(F)(F)F)cn2C)cc1. The quantitative estimate of drug-likeness (QED) is 0.769. The second-order valence-corrected chi connectivity index (χ2v) is 5.81. The van der Waals surface area contributed by atoms with Crippen molar-refractivity contribution in [2.24, 2.45) is 7.05 Å². The highest BCUT2D eigenvalue weighted by Crippen LogP contribution is 2.31. The maximum absolute atomic E-state index is 12.8. The van der Waals surface area contributed by atoms with E-state index < -0.39 is 11.9 Å². The van der Waals surface area contributed by atoms with Crippen LogP contribution < -0.4 is 10.5 Å². The summed E-state index contributed by atoms with van der Waals surface area (Å²) in [4.78, 5) is 7.98. The van der Waals surface area contributed by atoms with Crippen molar-refractivity contribution in [2.75, 3.05) is 12.8 Å². The number of hydrogen-bond acceptors (Lipinski definition) is 4. The molecule has 0 radical (unpaired) electrons. The van der Waals surface area contributed by atoms with E-state index in [1.807, 2.05) is 12.1 Å². The number of nitrogen functional groups attached to an aromatic ring is 1. The number of rotatable bonds is 4. The minimum Gasteiger partial charge on any atom is -0.493 e. The van der Waals surface area contributed by atoms with E-state index in [1.54, 1.807) is 24.4 Å². The van der Waals surface area contributed by atoms with E-state index in [0.717, 1.165) is 11.8 Å². The van der Waals surface area contributed by atoms with Crippen LogP contribution in [0.1, 0.15) is 17.0 Å². The van der Waals surface area contributed by atoms with Crippen LogP contribution in [0, 0.1) is 0 Å². The molecule has 2 heterocycles. The average molecular weight is 362 g/mol. The largest absolute Gasteiger partial charge is 0.493 e. The summed E-state index contributed by atoms with van der Waals surface area (Å²) in [5.41, 5.74) is 7.68. The highest BCUT2D eigenvalue weighted by Gasteiger charge is 2.34. The Bertz CT molecular complexity index is 917. The summed E-state index contributed by atoms with van der Waals surface area (Å²) in [5, 5.41) is 0. The molecule has 8 heteroatoms. The van der Waals surface area contributed by atoms with E-state index in [9.17, 15) is 13.2 Å². The van der Waals surface area contributed by atoms with Gasteiger partial charge in [-0.3, -0.25) is 4.98 Å². The molecular formula is C18H17F3N4O. The van der Waals surface area contributed by atoms with Gasteiger partial charge in [0.25, 0.3) is 0 Å². The lowest BCUT2D eigenvalue weighted by molar-refractivity contribution is -0.140. The molecule has 1 aromatic carbocycles. The Hall–Kier alpha value is -3.03. The molecule has 3 aromatic rings. The monoisotopic (exact) mass is 362 g/mol. The highest BCUT2D eigenvalue weighted by atomic mass is 19.4. The van der Waals surface area contributed by atoms with Crippen LogP contribution in [0.5, 0.6) is 5.75 Å². The predicted molar refractivity (Wildman–Crippen MR) is 91.7 cm³/mol. The van der Waals surface area contributed by atoms with Crippen LogP contribution in [0.2, 0.25) is 0 Å². The fourth-order valence-corrected chi connectivity index (χ4v) is 2.71. The summed E-state index contributed by atoms with van der Waals surface area (Å²) in [6.45, 7) is 0. The second kappa shape index (κ2) is 6.70. The number of methoxy groups -OCH3 is 1. The first-order valence-corrected chi connectivity index (χ1v) is 7.77. The number of pyridine rings is 1. The van der Waals surface area contributed by atoms with Crippen molar-refractivity contribution in [3.8, 4) is 17.1 Å². The standard InChI is InChI=1S/C18H17F3N4O/c1-25-10-15(18(19,20)21)24-17(25)12-5-3-11(4-6-12)9-14-16(26-2)13(22)7-8-23-14/h3-8,10H,9H2,1-2H3,(H2,22,23). The minimum atomic E-state index is -4.47. The average Bonchev–Trinajstić information content (AvgIpc) is 2.98. The van der Waals surface area contributed by atoms with Gasteiger partial charge in [0, 0.05) is 31.4 Å². The number of aryl methyl sites for hydroxylation is 1. The molecular weight excluding hydrogens is 345 g/mol. The van der Waals surface area contributed by atoms with Crippen LogP contribution in [-0.4, -0.2) is 21.6 Å². The van der Waals surface area contributed by atoms with Crippen molar-refractivity contribution in [2.45, 2.75) is 12.6 Å². The first kappa shape index (κ1) is 17.8. The molecule has 0 aliphatic heterocycles. The number of aromatic nitrogens is 3. The first-order chi connectivity index (χ1) is 12.3. The zero-order valence-corrected chi connectivity index (χ0v) is 14.2. The molecule has 0 aliphatic carbocycles. The number of alkyl halides is 3. The summed E-state index contributed by atoms with van der Waals surface area (Å²) in [7, 11) is 3.06. The van der Waals surface area contributed by atoms with Gasteiger partial charge in [-0.15, -0.1) is 0 Å². The Labute approximate surface area is 148 Å².